The van der Waals surface area contributed by atoms with Gasteiger partial charge in [0.25, 0.3) is 0 Å². The van der Waals surface area contributed by atoms with Gasteiger partial charge in [-0.25, -0.2) is 0 Å². The van der Waals surface area contributed by atoms with E-state index in [9.17, 15) is 5.11 Å². The number of benzene rings is 2. The van der Waals surface area contributed by atoms with Crippen LogP contribution in [0.5, 0.6) is 23.0 Å². The Morgan fingerprint density at radius 3 is 2.96 bits per heavy atom. The summed E-state index contributed by atoms with van der Waals surface area (Å²) in [7, 11) is 1.58. The summed E-state index contributed by atoms with van der Waals surface area (Å²) in [5.74, 6) is 2.86. The van der Waals surface area contributed by atoms with Crippen LogP contribution in [0.25, 0.3) is 0 Å². The summed E-state index contributed by atoms with van der Waals surface area (Å²) in [5.41, 5.74) is 5.00. The lowest BCUT2D eigenvalue weighted by Crippen LogP contribution is -2.44. The van der Waals surface area contributed by atoms with Gasteiger partial charge in [0.05, 0.1) is 7.11 Å². The first-order chi connectivity index (χ1) is 11.7. The first-order valence-corrected chi connectivity index (χ1v) is 8.28. The lowest BCUT2D eigenvalue weighted by Gasteiger charge is -2.39. The number of rotatable bonds is 1. The van der Waals surface area contributed by atoms with Crippen molar-refractivity contribution in [3.05, 3.63) is 46.5 Å². The van der Waals surface area contributed by atoms with Crippen molar-refractivity contribution in [2.24, 2.45) is 0 Å². The van der Waals surface area contributed by atoms with Gasteiger partial charge in [-0.3, -0.25) is 0 Å². The third-order valence-electron chi connectivity index (χ3n) is 5.48. The SMILES string of the molecule is COc1cc2c(cc1O)C1Cc3ccc4c(c3CC1NC2)OCO4. The molecule has 5 rings (SSSR count). The summed E-state index contributed by atoms with van der Waals surface area (Å²) in [5, 5.41) is 13.8. The smallest absolute Gasteiger partial charge is 0.231 e. The highest BCUT2D eigenvalue weighted by Crippen LogP contribution is 2.46. The second-order valence-electron chi connectivity index (χ2n) is 6.66. The van der Waals surface area contributed by atoms with Crippen molar-refractivity contribution in [2.45, 2.75) is 31.3 Å². The molecular weight excluding hydrogens is 306 g/mol. The monoisotopic (exact) mass is 325 g/mol. The zero-order valence-electron chi connectivity index (χ0n) is 13.5. The summed E-state index contributed by atoms with van der Waals surface area (Å²) in [6.07, 6.45) is 1.85. The molecule has 2 N–H and O–H groups in total. The van der Waals surface area contributed by atoms with E-state index in [0.29, 0.717) is 24.5 Å². The molecule has 24 heavy (non-hydrogen) atoms. The number of aromatic hydroxyl groups is 1. The molecule has 0 amide bonds. The fourth-order valence-electron chi connectivity index (χ4n) is 4.30. The van der Waals surface area contributed by atoms with Crippen molar-refractivity contribution in [1.29, 1.82) is 0 Å². The summed E-state index contributed by atoms with van der Waals surface area (Å²) in [6.45, 7) is 1.10. The van der Waals surface area contributed by atoms with Crippen LogP contribution in [-0.2, 0) is 19.4 Å². The zero-order chi connectivity index (χ0) is 16.3. The molecule has 0 aromatic heterocycles. The Morgan fingerprint density at radius 2 is 2.08 bits per heavy atom. The van der Waals surface area contributed by atoms with E-state index in [-0.39, 0.29) is 5.75 Å². The predicted molar refractivity (Wildman–Crippen MR) is 88.0 cm³/mol. The minimum atomic E-state index is 0.216. The Hall–Kier alpha value is -2.40. The standard InChI is InChI=1S/C19H19NO4/c1-22-18-5-11-8-20-15-6-13-10(2-3-17-19(13)24-9-23-17)4-14(15)12(11)7-16(18)21/h2-3,5,7,14-15,20-21H,4,6,8-9H2,1H3. The lowest BCUT2D eigenvalue weighted by atomic mass is 9.73. The topological polar surface area (TPSA) is 60.0 Å². The van der Waals surface area contributed by atoms with Crippen molar-refractivity contribution in [2.75, 3.05) is 13.9 Å². The van der Waals surface area contributed by atoms with Gasteiger partial charge in [0.15, 0.2) is 23.0 Å². The Labute approximate surface area is 140 Å². The molecule has 2 unspecified atom stereocenters. The van der Waals surface area contributed by atoms with Crippen LogP contribution in [0.4, 0.5) is 0 Å². The van der Waals surface area contributed by atoms with Gasteiger partial charge in [-0.1, -0.05) is 6.07 Å². The number of hydrogen-bond acceptors (Lipinski definition) is 5. The maximum Gasteiger partial charge on any atom is 0.231 e. The average molecular weight is 325 g/mol. The Morgan fingerprint density at radius 1 is 1.17 bits per heavy atom. The Kier molecular flexibility index (Phi) is 2.94. The van der Waals surface area contributed by atoms with Gasteiger partial charge >= 0.3 is 0 Å². The molecule has 124 valence electrons. The molecule has 0 spiro atoms. The van der Waals surface area contributed by atoms with Crippen molar-refractivity contribution < 1.29 is 19.3 Å². The van der Waals surface area contributed by atoms with Crippen LogP contribution in [0.3, 0.4) is 0 Å². The van der Waals surface area contributed by atoms with Gasteiger partial charge in [-0.05, 0) is 47.7 Å². The first kappa shape index (κ1) is 14.0. The van der Waals surface area contributed by atoms with Crippen molar-refractivity contribution >= 4 is 0 Å². The normalized spacial score (nSPS) is 23.2. The third-order valence-corrected chi connectivity index (χ3v) is 5.48. The van der Waals surface area contributed by atoms with Gasteiger partial charge < -0.3 is 24.6 Å². The Balaban J connectivity index is 1.57. The van der Waals surface area contributed by atoms with Crippen LogP contribution < -0.4 is 19.5 Å². The fraction of sp³-hybridized carbons (Fsp3) is 0.368. The predicted octanol–water partition coefficient (Wildman–Crippen LogP) is 2.48. The van der Waals surface area contributed by atoms with E-state index in [1.807, 2.05) is 18.2 Å². The molecule has 0 saturated carbocycles. The van der Waals surface area contributed by atoms with Gasteiger partial charge in [-0.15, -0.1) is 0 Å². The molecule has 1 aliphatic carbocycles. The first-order valence-electron chi connectivity index (χ1n) is 8.28. The van der Waals surface area contributed by atoms with Crippen LogP contribution in [0.1, 0.15) is 28.2 Å². The molecule has 2 aromatic rings. The van der Waals surface area contributed by atoms with Gasteiger partial charge in [0.1, 0.15) is 0 Å². The van der Waals surface area contributed by atoms with Gasteiger partial charge in [-0.2, -0.15) is 0 Å². The van der Waals surface area contributed by atoms with Crippen LogP contribution in [0.15, 0.2) is 24.3 Å². The number of phenols is 1. The maximum absolute atomic E-state index is 10.2. The van der Waals surface area contributed by atoms with E-state index >= 15 is 0 Å². The Bertz CT molecular complexity index is 833. The van der Waals surface area contributed by atoms with Crippen molar-refractivity contribution in [3.8, 4) is 23.0 Å². The van der Waals surface area contributed by atoms with E-state index in [1.165, 1.54) is 22.3 Å². The molecule has 0 radical (unpaired) electrons. The van der Waals surface area contributed by atoms with E-state index in [4.69, 9.17) is 14.2 Å². The van der Waals surface area contributed by atoms with Crippen LogP contribution in [0.2, 0.25) is 0 Å². The van der Waals surface area contributed by atoms with Crippen LogP contribution in [-0.4, -0.2) is 25.1 Å². The number of hydrogen-bond donors (Lipinski definition) is 2. The molecule has 0 bridgehead atoms. The van der Waals surface area contributed by atoms with Crippen LogP contribution in [0, 0.1) is 0 Å². The molecule has 2 aromatic carbocycles. The second kappa shape index (κ2) is 5.05. The van der Waals surface area contributed by atoms with E-state index in [0.717, 1.165) is 30.9 Å². The average Bonchev–Trinajstić information content (AvgIpc) is 3.09. The van der Waals surface area contributed by atoms with E-state index < -0.39 is 0 Å². The number of fused-ring (bicyclic) bond motifs is 6. The van der Waals surface area contributed by atoms with Crippen LogP contribution >= 0.6 is 0 Å². The molecule has 2 atom stereocenters. The molecule has 3 aliphatic rings. The minimum absolute atomic E-state index is 0.216. The highest BCUT2D eigenvalue weighted by Gasteiger charge is 2.37. The summed E-state index contributed by atoms with van der Waals surface area (Å²) in [4.78, 5) is 0. The summed E-state index contributed by atoms with van der Waals surface area (Å²) < 4.78 is 16.4. The maximum atomic E-state index is 10.2. The molecule has 0 fully saturated rings. The molecule has 2 aliphatic heterocycles. The third kappa shape index (κ3) is 1.91. The summed E-state index contributed by atoms with van der Waals surface area (Å²) in [6, 6.07) is 8.32. The fourth-order valence-corrected chi connectivity index (χ4v) is 4.30. The minimum Gasteiger partial charge on any atom is -0.504 e. The van der Waals surface area contributed by atoms with Gasteiger partial charge in [0, 0.05) is 24.1 Å². The lowest BCUT2D eigenvalue weighted by molar-refractivity contribution is 0.172. The highest BCUT2D eigenvalue weighted by atomic mass is 16.7. The van der Waals surface area contributed by atoms with E-state index in [1.54, 1.807) is 7.11 Å². The molecular formula is C19H19NO4. The van der Waals surface area contributed by atoms with Gasteiger partial charge in [0.2, 0.25) is 6.79 Å². The van der Waals surface area contributed by atoms with Crippen molar-refractivity contribution in [3.63, 3.8) is 0 Å². The van der Waals surface area contributed by atoms with E-state index in [2.05, 4.69) is 11.4 Å². The number of nitrogens with one attached hydrogen (secondary N) is 1. The number of ether oxygens (including phenoxy) is 3. The molecule has 0 saturated heterocycles. The zero-order valence-corrected chi connectivity index (χ0v) is 13.5. The largest absolute Gasteiger partial charge is 0.504 e. The number of methoxy groups -OCH3 is 1. The van der Waals surface area contributed by atoms with Crippen molar-refractivity contribution in [1.82, 2.24) is 5.32 Å². The quantitative estimate of drug-likeness (QED) is 0.843. The number of phenolic OH excluding ortho intramolecular Hbond substituents is 1. The highest BCUT2D eigenvalue weighted by molar-refractivity contribution is 5.56. The molecule has 2 heterocycles. The molecule has 5 heteroatoms. The summed E-state index contributed by atoms with van der Waals surface area (Å²) >= 11 is 0. The second-order valence-corrected chi connectivity index (χ2v) is 6.66. The molecule has 5 nitrogen and oxygen atoms in total.